The highest BCUT2D eigenvalue weighted by atomic mass is 32.1. The molecule has 2 aromatic heterocycles. The van der Waals surface area contributed by atoms with Crippen LogP contribution in [0.4, 0.5) is 0 Å². The minimum Gasteiger partial charge on any atom is -0.308 e. The van der Waals surface area contributed by atoms with Gasteiger partial charge in [0.25, 0.3) is 0 Å². The Bertz CT molecular complexity index is 421. The maximum Gasteiger partial charge on any atom is 0.0464 e. The molecule has 0 saturated carbocycles. The van der Waals surface area contributed by atoms with Crippen LogP contribution in [0.3, 0.4) is 0 Å². The Labute approximate surface area is 117 Å². The standard InChI is InChI=1S/C14H20N2S2/c1-16(2)8-7-15-13(14-6-4-10-18-14)11-12-5-3-9-17-12/h3-6,9-10,13,15H,7-8,11H2,1-2H3. The molecular formula is C14H20N2S2. The van der Waals surface area contributed by atoms with Crippen molar-refractivity contribution in [2.24, 2.45) is 0 Å². The Morgan fingerprint density at radius 2 is 1.94 bits per heavy atom. The summed E-state index contributed by atoms with van der Waals surface area (Å²) >= 11 is 3.68. The first-order valence-corrected chi connectivity index (χ1v) is 7.95. The van der Waals surface area contributed by atoms with E-state index in [2.05, 4.69) is 59.3 Å². The van der Waals surface area contributed by atoms with Gasteiger partial charge in [0.15, 0.2) is 0 Å². The molecule has 1 unspecified atom stereocenters. The zero-order valence-corrected chi connectivity index (χ0v) is 12.6. The van der Waals surface area contributed by atoms with Gasteiger partial charge in [-0.05, 0) is 37.0 Å². The Morgan fingerprint density at radius 1 is 1.17 bits per heavy atom. The highest BCUT2D eigenvalue weighted by Gasteiger charge is 2.13. The van der Waals surface area contributed by atoms with Crippen LogP contribution in [0, 0.1) is 0 Å². The highest BCUT2D eigenvalue weighted by molar-refractivity contribution is 7.10. The second kappa shape index (κ2) is 7.04. The third-order valence-corrected chi connectivity index (χ3v) is 4.71. The van der Waals surface area contributed by atoms with Crippen molar-refractivity contribution >= 4 is 22.7 Å². The van der Waals surface area contributed by atoms with Crippen LogP contribution in [0.5, 0.6) is 0 Å². The molecule has 0 amide bonds. The average molecular weight is 280 g/mol. The molecule has 0 fully saturated rings. The van der Waals surface area contributed by atoms with Gasteiger partial charge in [-0.25, -0.2) is 0 Å². The molecule has 2 heterocycles. The van der Waals surface area contributed by atoms with Crippen LogP contribution < -0.4 is 5.32 Å². The molecule has 98 valence electrons. The molecule has 2 rings (SSSR count). The van der Waals surface area contributed by atoms with Crippen LogP contribution in [-0.4, -0.2) is 32.1 Å². The van der Waals surface area contributed by atoms with Gasteiger partial charge in [-0.3, -0.25) is 0 Å². The van der Waals surface area contributed by atoms with E-state index in [0.717, 1.165) is 19.5 Å². The number of hydrogen-bond donors (Lipinski definition) is 1. The first kappa shape index (κ1) is 13.7. The lowest BCUT2D eigenvalue weighted by molar-refractivity contribution is 0.385. The van der Waals surface area contributed by atoms with Crippen molar-refractivity contribution in [3.8, 4) is 0 Å². The molecule has 0 aromatic carbocycles. The molecule has 1 atom stereocenters. The lowest BCUT2D eigenvalue weighted by Gasteiger charge is -2.18. The van der Waals surface area contributed by atoms with Crippen LogP contribution >= 0.6 is 22.7 Å². The van der Waals surface area contributed by atoms with Gasteiger partial charge in [-0.1, -0.05) is 12.1 Å². The fraction of sp³-hybridized carbons (Fsp3) is 0.429. The molecule has 0 aliphatic heterocycles. The van der Waals surface area contributed by atoms with Crippen LogP contribution in [0.2, 0.25) is 0 Å². The summed E-state index contributed by atoms with van der Waals surface area (Å²) in [6.45, 7) is 2.10. The zero-order valence-electron chi connectivity index (χ0n) is 10.9. The van der Waals surface area contributed by atoms with E-state index >= 15 is 0 Å². The molecule has 1 N–H and O–H groups in total. The minimum atomic E-state index is 0.448. The predicted molar refractivity (Wildman–Crippen MR) is 81.6 cm³/mol. The summed E-state index contributed by atoms with van der Waals surface area (Å²) < 4.78 is 0. The van der Waals surface area contributed by atoms with Crippen molar-refractivity contribution in [2.75, 3.05) is 27.2 Å². The van der Waals surface area contributed by atoms with Crippen molar-refractivity contribution in [3.05, 3.63) is 44.8 Å². The van der Waals surface area contributed by atoms with E-state index in [4.69, 9.17) is 0 Å². The maximum absolute atomic E-state index is 3.67. The predicted octanol–water partition coefficient (Wildman–Crippen LogP) is 3.24. The maximum atomic E-state index is 3.67. The second-order valence-corrected chi connectivity index (χ2v) is 6.62. The lowest BCUT2D eigenvalue weighted by atomic mass is 10.1. The van der Waals surface area contributed by atoms with Crippen molar-refractivity contribution in [3.63, 3.8) is 0 Å². The molecule has 4 heteroatoms. The fourth-order valence-corrected chi connectivity index (χ4v) is 3.41. The number of rotatable bonds is 7. The zero-order chi connectivity index (χ0) is 12.8. The summed E-state index contributed by atoms with van der Waals surface area (Å²) in [5, 5.41) is 7.98. The van der Waals surface area contributed by atoms with E-state index in [1.165, 1.54) is 9.75 Å². The van der Waals surface area contributed by atoms with E-state index in [9.17, 15) is 0 Å². The van der Waals surface area contributed by atoms with E-state index < -0.39 is 0 Å². The van der Waals surface area contributed by atoms with Gasteiger partial charge in [0.1, 0.15) is 0 Å². The molecule has 18 heavy (non-hydrogen) atoms. The molecule has 0 aliphatic rings. The molecule has 0 aliphatic carbocycles. The Balaban J connectivity index is 1.95. The first-order chi connectivity index (χ1) is 8.75. The summed E-state index contributed by atoms with van der Waals surface area (Å²) in [6.07, 6.45) is 1.09. The molecule has 0 saturated heterocycles. The van der Waals surface area contributed by atoms with Gasteiger partial charge in [0.05, 0.1) is 0 Å². The second-order valence-electron chi connectivity index (χ2n) is 4.61. The fourth-order valence-electron chi connectivity index (χ4n) is 1.86. The Hall–Kier alpha value is -0.680. The number of thiophene rings is 2. The molecule has 0 spiro atoms. The smallest absolute Gasteiger partial charge is 0.0464 e. The summed E-state index contributed by atoms with van der Waals surface area (Å²) in [5.74, 6) is 0. The van der Waals surface area contributed by atoms with E-state index in [1.807, 2.05) is 22.7 Å². The van der Waals surface area contributed by atoms with Gasteiger partial charge >= 0.3 is 0 Å². The normalized spacial score (nSPS) is 13.1. The molecular weight excluding hydrogens is 260 g/mol. The van der Waals surface area contributed by atoms with Crippen molar-refractivity contribution in [1.82, 2.24) is 10.2 Å². The average Bonchev–Trinajstić information content (AvgIpc) is 3.00. The van der Waals surface area contributed by atoms with Crippen molar-refractivity contribution < 1.29 is 0 Å². The molecule has 2 aromatic rings. The third-order valence-electron chi connectivity index (χ3n) is 2.82. The molecule has 0 bridgehead atoms. The van der Waals surface area contributed by atoms with E-state index in [0.29, 0.717) is 6.04 Å². The summed E-state index contributed by atoms with van der Waals surface area (Å²) in [6, 6.07) is 9.16. The first-order valence-electron chi connectivity index (χ1n) is 6.19. The molecule has 0 radical (unpaired) electrons. The van der Waals surface area contributed by atoms with Crippen LogP contribution in [-0.2, 0) is 6.42 Å². The lowest BCUT2D eigenvalue weighted by Crippen LogP contribution is -2.30. The number of nitrogens with one attached hydrogen (secondary N) is 1. The van der Waals surface area contributed by atoms with Crippen LogP contribution in [0.25, 0.3) is 0 Å². The molecule has 2 nitrogen and oxygen atoms in total. The van der Waals surface area contributed by atoms with Gasteiger partial charge in [0.2, 0.25) is 0 Å². The van der Waals surface area contributed by atoms with Crippen LogP contribution in [0.1, 0.15) is 15.8 Å². The van der Waals surface area contributed by atoms with Crippen molar-refractivity contribution in [1.29, 1.82) is 0 Å². The summed E-state index contributed by atoms with van der Waals surface area (Å²) in [7, 11) is 4.22. The van der Waals surface area contributed by atoms with Gasteiger partial charge < -0.3 is 10.2 Å². The van der Waals surface area contributed by atoms with Crippen molar-refractivity contribution in [2.45, 2.75) is 12.5 Å². The number of likely N-dealkylation sites (N-methyl/N-ethyl adjacent to an activating group) is 1. The quantitative estimate of drug-likeness (QED) is 0.837. The van der Waals surface area contributed by atoms with Gasteiger partial charge in [0, 0.05) is 35.3 Å². The summed E-state index contributed by atoms with van der Waals surface area (Å²) in [4.78, 5) is 5.09. The SMILES string of the molecule is CN(C)CCNC(Cc1cccs1)c1cccs1. The highest BCUT2D eigenvalue weighted by Crippen LogP contribution is 2.24. The largest absolute Gasteiger partial charge is 0.308 e. The minimum absolute atomic E-state index is 0.448. The van der Waals surface area contributed by atoms with Crippen LogP contribution in [0.15, 0.2) is 35.0 Å². The van der Waals surface area contributed by atoms with Gasteiger partial charge in [-0.2, -0.15) is 0 Å². The number of hydrogen-bond acceptors (Lipinski definition) is 4. The monoisotopic (exact) mass is 280 g/mol. The Kier molecular flexibility index (Phi) is 5.38. The topological polar surface area (TPSA) is 15.3 Å². The number of nitrogens with zero attached hydrogens (tertiary/aromatic N) is 1. The van der Waals surface area contributed by atoms with E-state index in [-0.39, 0.29) is 0 Å². The van der Waals surface area contributed by atoms with E-state index in [1.54, 1.807) is 0 Å². The third kappa shape index (κ3) is 4.21. The van der Waals surface area contributed by atoms with Gasteiger partial charge in [-0.15, -0.1) is 22.7 Å². The Morgan fingerprint density at radius 3 is 2.56 bits per heavy atom. The summed E-state index contributed by atoms with van der Waals surface area (Å²) in [5.41, 5.74) is 0.